The van der Waals surface area contributed by atoms with Crippen molar-refractivity contribution < 1.29 is 22.3 Å². The summed E-state index contributed by atoms with van der Waals surface area (Å²) in [4.78, 5) is 4.17. The van der Waals surface area contributed by atoms with Crippen LogP contribution in [0.25, 0.3) is 11.1 Å². The van der Waals surface area contributed by atoms with Gasteiger partial charge in [-0.15, -0.1) is 0 Å². The van der Waals surface area contributed by atoms with E-state index in [2.05, 4.69) is 4.98 Å². The zero-order valence-electron chi connectivity index (χ0n) is 12.2. The number of alkyl halides is 2. The van der Waals surface area contributed by atoms with Crippen molar-refractivity contribution >= 4 is 0 Å². The van der Waals surface area contributed by atoms with Crippen LogP contribution < -0.4 is 0 Å². The molecule has 1 aromatic heterocycles. The van der Waals surface area contributed by atoms with Gasteiger partial charge in [0.05, 0.1) is 12.5 Å². The van der Waals surface area contributed by atoms with Gasteiger partial charge < -0.3 is 4.74 Å². The minimum atomic E-state index is -2.52. The molecule has 0 aliphatic carbocycles. The van der Waals surface area contributed by atoms with Crippen molar-refractivity contribution in [3.63, 3.8) is 0 Å². The van der Waals surface area contributed by atoms with Crippen molar-refractivity contribution in [1.29, 1.82) is 0 Å². The molecule has 6 heteroatoms. The average Bonchev–Trinajstić information content (AvgIpc) is 2.57. The molecule has 2 atom stereocenters. The Morgan fingerprint density at radius 2 is 1.96 bits per heavy atom. The van der Waals surface area contributed by atoms with E-state index in [9.17, 15) is 17.6 Å². The first-order chi connectivity index (χ1) is 11.1. The number of hydrogen-bond acceptors (Lipinski definition) is 2. The Morgan fingerprint density at radius 3 is 2.74 bits per heavy atom. The van der Waals surface area contributed by atoms with Crippen molar-refractivity contribution in [2.45, 2.75) is 18.8 Å². The van der Waals surface area contributed by atoms with E-state index in [1.54, 1.807) is 6.07 Å². The number of halogens is 4. The third-order valence-electron chi connectivity index (χ3n) is 4.12. The molecule has 0 bridgehead atoms. The summed E-state index contributed by atoms with van der Waals surface area (Å²) in [6.45, 7) is 0.358. The van der Waals surface area contributed by atoms with Crippen LogP contribution in [0.1, 0.15) is 18.0 Å². The fourth-order valence-corrected chi connectivity index (χ4v) is 2.91. The minimum absolute atomic E-state index is 0.0252. The molecule has 2 aromatic rings. The van der Waals surface area contributed by atoms with Crippen LogP contribution in [0.3, 0.4) is 0 Å². The third-order valence-corrected chi connectivity index (χ3v) is 4.12. The van der Waals surface area contributed by atoms with E-state index in [0.717, 1.165) is 18.2 Å². The second-order valence-corrected chi connectivity index (χ2v) is 5.56. The maximum atomic E-state index is 13.9. The zero-order chi connectivity index (χ0) is 16.4. The lowest BCUT2D eigenvalue weighted by Crippen LogP contribution is -2.31. The van der Waals surface area contributed by atoms with Crippen LogP contribution in [-0.4, -0.2) is 24.6 Å². The van der Waals surface area contributed by atoms with E-state index in [4.69, 9.17) is 4.74 Å². The first-order valence-electron chi connectivity index (χ1n) is 7.33. The highest BCUT2D eigenvalue weighted by atomic mass is 19.3. The SMILES string of the molecule is Fc1ccc(F)c(-c2ccnc(C3CCOCC3C(F)F)c2)c1. The number of hydrogen-bond donors (Lipinski definition) is 0. The molecular formula is C17H15F4NO. The molecule has 0 spiro atoms. The maximum absolute atomic E-state index is 13.9. The van der Waals surface area contributed by atoms with E-state index in [1.807, 2.05) is 0 Å². The molecule has 23 heavy (non-hydrogen) atoms. The summed E-state index contributed by atoms with van der Waals surface area (Å²) >= 11 is 0. The summed E-state index contributed by atoms with van der Waals surface area (Å²) in [7, 11) is 0. The van der Waals surface area contributed by atoms with E-state index in [-0.39, 0.29) is 12.2 Å². The Balaban J connectivity index is 1.97. The Morgan fingerprint density at radius 1 is 1.13 bits per heavy atom. The smallest absolute Gasteiger partial charge is 0.244 e. The average molecular weight is 325 g/mol. The van der Waals surface area contributed by atoms with Crippen molar-refractivity contribution in [3.05, 3.63) is 53.9 Å². The lowest BCUT2D eigenvalue weighted by molar-refractivity contribution is -0.0386. The van der Waals surface area contributed by atoms with Gasteiger partial charge in [0.15, 0.2) is 0 Å². The molecule has 3 rings (SSSR count). The van der Waals surface area contributed by atoms with Gasteiger partial charge in [-0.2, -0.15) is 0 Å². The summed E-state index contributed by atoms with van der Waals surface area (Å²) in [6.07, 6.45) is -0.652. The number of rotatable bonds is 3. The van der Waals surface area contributed by atoms with Crippen molar-refractivity contribution in [1.82, 2.24) is 4.98 Å². The van der Waals surface area contributed by atoms with Crippen LogP contribution >= 0.6 is 0 Å². The normalized spacial score (nSPS) is 21.6. The summed E-state index contributed by atoms with van der Waals surface area (Å²) < 4.78 is 58.8. The predicted molar refractivity (Wildman–Crippen MR) is 77.3 cm³/mol. The summed E-state index contributed by atoms with van der Waals surface area (Å²) in [6, 6.07) is 6.26. The standard InChI is InChI=1S/C17H15F4NO/c18-11-1-2-15(19)13(8-11)10-3-5-22-16(7-10)12-4-6-23-9-14(12)17(20)21/h1-3,5,7-8,12,14,17H,4,6,9H2. The highest BCUT2D eigenvalue weighted by Crippen LogP contribution is 2.36. The Kier molecular flexibility index (Phi) is 4.61. The Bertz CT molecular complexity index is 692. The third kappa shape index (κ3) is 3.37. The Hall–Kier alpha value is -1.95. The summed E-state index contributed by atoms with van der Waals surface area (Å²) in [5.74, 6) is -2.53. The van der Waals surface area contributed by atoms with E-state index in [1.165, 1.54) is 12.3 Å². The molecule has 0 N–H and O–H groups in total. The van der Waals surface area contributed by atoms with Crippen LogP contribution in [0.15, 0.2) is 36.5 Å². The van der Waals surface area contributed by atoms with Gasteiger partial charge in [0.2, 0.25) is 6.43 Å². The second kappa shape index (κ2) is 6.66. The highest BCUT2D eigenvalue weighted by molar-refractivity contribution is 5.64. The summed E-state index contributed by atoms with van der Waals surface area (Å²) in [5.41, 5.74) is 0.973. The molecule has 1 aliphatic rings. The van der Waals surface area contributed by atoms with Gasteiger partial charge in [-0.25, -0.2) is 17.6 Å². The van der Waals surface area contributed by atoms with Crippen LogP contribution in [0, 0.1) is 17.6 Å². The highest BCUT2D eigenvalue weighted by Gasteiger charge is 2.34. The van der Waals surface area contributed by atoms with E-state index >= 15 is 0 Å². The molecule has 1 aromatic carbocycles. The van der Waals surface area contributed by atoms with Crippen LogP contribution in [0.4, 0.5) is 17.6 Å². The molecule has 0 saturated carbocycles. The number of aromatic nitrogens is 1. The first-order valence-corrected chi connectivity index (χ1v) is 7.33. The van der Waals surface area contributed by atoms with E-state index in [0.29, 0.717) is 24.3 Å². The molecule has 1 saturated heterocycles. The van der Waals surface area contributed by atoms with Crippen molar-refractivity contribution in [2.75, 3.05) is 13.2 Å². The van der Waals surface area contributed by atoms with Crippen molar-refractivity contribution in [3.8, 4) is 11.1 Å². The van der Waals surface area contributed by atoms with Crippen LogP contribution in [-0.2, 0) is 4.74 Å². The number of pyridine rings is 1. The zero-order valence-corrected chi connectivity index (χ0v) is 12.2. The molecule has 1 aliphatic heterocycles. The fourth-order valence-electron chi connectivity index (χ4n) is 2.91. The topological polar surface area (TPSA) is 22.1 Å². The van der Waals surface area contributed by atoms with Gasteiger partial charge in [-0.3, -0.25) is 4.98 Å². The predicted octanol–water partition coefficient (Wildman–Crippen LogP) is 4.41. The minimum Gasteiger partial charge on any atom is -0.381 e. The Labute approximate surface area is 131 Å². The van der Waals surface area contributed by atoms with Gasteiger partial charge in [-0.1, -0.05) is 0 Å². The molecule has 2 heterocycles. The monoisotopic (exact) mass is 325 g/mol. The van der Waals surface area contributed by atoms with E-state index < -0.39 is 29.9 Å². The molecular weight excluding hydrogens is 310 g/mol. The number of ether oxygens (including phenoxy) is 1. The lowest BCUT2D eigenvalue weighted by atomic mass is 9.85. The van der Waals surface area contributed by atoms with Gasteiger partial charge in [0.25, 0.3) is 0 Å². The molecule has 2 unspecified atom stereocenters. The van der Waals surface area contributed by atoms with Crippen LogP contribution in [0.2, 0.25) is 0 Å². The molecule has 2 nitrogen and oxygen atoms in total. The lowest BCUT2D eigenvalue weighted by Gasteiger charge is -2.30. The number of benzene rings is 1. The maximum Gasteiger partial charge on any atom is 0.244 e. The first kappa shape index (κ1) is 15.9. The molecule has 0 radical (unpaired) electrons. The quantitative estimate of drug-likeness (QED) is 0.780. The van der Waals surface area contributed by atoms with Gasteiger partial charge >= 0.3 is 0 Å². The van der Waals surface area contributed by atoms with Gasteiger partial charge in [-0.05, 0) is 42.3 Å². The fraction of sp³-hybridized carbons (Fsp3) is 0.353. The van der Waals surface area contributed by atoms with Gasteiger partial charge in [0, 0.05) is 30.0 Å². The van der Waals surface area contributed by atoms with Gasteiger partial charge in [0.1, 0.15) is 11.6 Å². The number of nitrogens with zero attached hydrogens (tertiary/aromatic N) is 1. The molecule has 1 fully saturated rings. The molecule has 122 valence electrons. The second-order valence-electron chi connectivity index (χ2n) is 5.56. The van der Waals surface area contributed by atoms with Crippen molar-refractivity contribution in [2.24, 2.45) is 5.92 Å². The van der Waals surface area contributed by atoms with Crippen LogP contribution in [0.5, 0.6) is 0 Å². The summed E-state index contributed by atoms with van der Waals surface area (Å²) in [5, 5.41) is 0. The molecule has 0 amide bonds. The largest absolute Gasteiger partial charge is 0.381 e.